The van der Waals surface area contributed by atoms with Gasteiger partial charge in [-0.2, -0.15) is 0 Å². The summed E-state index contributed by atoms with van der Waals surface area (Å²) < 4.78 is 29.8. The number of ether oxygens (including phenoxy) is 2. The van der Waals surface area contributed by atoms with Crippen molar-refractivity contribution in [1.82, 2.24) is 0 Å². The third-order valence-electron chi connectivity index (χ3n) is 3.09. The summed E-state index contributed by atoms with van der Waals surface area (Å²) in [6.07, 6.45) is 1.33. The molecule has 0 bridgehead atoms. The van der Waals surface area contributed by atoms with Gasteiger partial charge in [0, 0.05) is 6.61 Å². The maximum atomic E-state index is 6.51. The molecule has 1 saturated heterocycles. The topological polar surface area (TPSA) is 49.5 Å². The minimum absolute atomic E-state index is 0.343. The third-order valence-corrected chi connectivity index (χ3v) is 16.1. The Morgan fingerprint density at radius 3 is 2.14 bits per heavy atom. The Labute approximate surface area is 141 Å². The van der Waals surface area contributed by atoms with Crippen molar-refractivity contribution in [3.63, 3.8) is 0 Å². The summed E-state index contributed by atoms with van der Waals surface area (Å²) in [5.74, 6) is 0. The van der Waals surface area contributed by atoms with E-state index in [9.17, 15) is 0 Å². The highest BCUT2D eigenvalue weighted by Crippen LogP contribution is 2.24. The Bertz CT molecular complexity index is 326. The van der Waals surface area contributed by atoms with Gasteiger partial charge in [-0.3, -0.25) is 0 Å². The van der Waals surface area contributed by atoms with Crippen molar-refractivity contribution in [3.05, 3.63) is 0 Å². The van der Waals surface area contributed by atoms with Crippen molar-refractivity contribution in [2.24, 2.45) is 0 Å². The molecule has 22 heavy (non-hydrogen) atoms. The molecule has 1 rings (SSSR count). The van der Waals surface area contributed by atoms with Gasteiger partial charge in [-0.15, -0.1) is 0 Å². The van der Waals surface area contributed by atoms with Crippen LogP contribution in [0.3, 0.4) is 0 Å². The molecule has 0 aromatic heterocycles. The number of rotatable bonds is 12. The molecule has 1 aliphatic rings. The van der Waals surface area contributed by atoms with Crippen molar-refractivity contribution in [2.45, 2.75) is 64.4 Å². The zero-order valence-electron chi connectivity index (χ0n) is 15.3. The second-order valence-corrected chi connectivity index (χ2v) is 19.6. The first-order valence-corrected chi connectivity index (χ1v) is 19.3. The normalized spacial score (nSPS) is 21.4. The Morgan fingerprint density at radius 1 is 1.05 bits per heavy atom. The van der Waals surface area contributed by atoms with Gasteiger partial charge < -0.3 is 21.8 Å². The van der Waals surface area contributed by atoms with Crippen molar-refractivity contribution >= 4 is 35.2 Å². The van der Waals surface area contributed by atoms with Gasteiger partial charge in [0.2, 0.25) is 0 Å². The van der Waals surface area contributed by atoms with Crippen LogP contribution in [0.1, 0.15) is 6.42 Å². The van der Waals surface area contributed by atoms with E-state index >= 15 is 0 Å². The van der Waals surface area contributed by atoms with E-state index in [1.54, 1.807) is 0 Å². The summed E-state index contributed by atoms with van der Waals surface area (Å²) in [5, 5.41) is 0. The average Bonchev–Trinajstić information content (AvgIpc) is 3.07. The second-order valence-electron chi connectivity index (χ2n) is 7.10. The van der Waals surface area contributed by atoms with E-state index in [-0.39, 0.29) is 0 Å². The van der Waals surface area contributed by atoms with Crippen LogP contribution in [-0.4, -0.2) is 61.1 Å². The highest BCUT2D eigenvalue weighted by molar-refractivity contribution is 6.84. The molecule has 1 aliphatic heterocycles. The monoisotopic (exact) mass is 382 g/mol. The van der Waals surface area contributed by atoms with E-state index in [0.29, 0.717) is 6.10 Å². The molecule has 0 spiro atoms. The number of hydrogen-bond donors (Lipinski definition) is 0. The molecule has 1 fully saturated rings. The van der Waals surface area contributed by atoms with Crippen LogP contribution in [-0.2, 0) is 21.8 Å². The van der Waals surface area contributed by atoms with Crippen LogP contribution in [0.4, 0.5) is 0 Å². The van der Waals surface area contributed by atoms with E-state index in [1.165, 1.54) is 0 Å². The fourth-order valence-corrected chi connectivity index (χ4v) is 18.2. The van der Waals surface area contributed by atoms with Gasteiger partial charge in [0.15, 0.2) is 18.1 Å². The molecule has 0 aromatic carbocycles. The van der Waals surface area contributed by atoms with Gasteiger partial charge in [0.1, 0.15) is 6.10 Å². The molecule has 132 valence electrons. The van der Waals surface area contributed by atoms with E-state index in [0.717, 1.165) is 32.3 Å². The Balaban J connectivity index is 2.43. The summed E-state index contributed by atoms with van der Waals surface area (Å²) in [6.45, 7) is 17.7. The van der Waals surface area contributed by atoms with Gasteiger partial charge in [-0.05, 0) is 58.3 Å². The van der Waals surface area contributed by atoms with Crippen LogP contribution >= 0.6 is 0 Å². The Kier molecular flexibility index (Phi) is 8.69. The molecule has 2 unspecified atom stereocenters. The highest BCUT2D eigenvalue weighted by Gasteiger charge is 2.40. The van der Waals surface area contributed by atoms with Crippen LogP contribution in [0.15, 0.2) is 0 Å². The van der Waals surface area contributed by atoms with Gasteiger partial charge in [0.25, 0.3) is 0 Å². The van der Waals surface area contributed by atoms with Gasteiger partial charge in [-0.1, -0.05) is 0 Å². The summed E-state index contributed by atoms with van der Waals surface area (Å²) >= 11 is 0. The van der Waals surface area contributed by atoms with Crippen LogP contribution < -0.4 is 0 Å². The van der Waals surface area contributed by atoms with E-state index < -0.39 is 35.2 Å². The summed E-state index contributed by atoms with van der Waals surface area (Å²) in [7, 11) is -6.47. The first kappa shape index (κ1) is 20.7. The summed E-state index contributed by atoms with van der Waals surface area (Å²) in [5.41, 5.74) is 0. The minimum atomic E-state index is -2.17. The summed E-state index contributed by atoms with van der Waals surface area (Å²) in [6, 6.07) is 0.975. The molecule has 9 heteroatoms. The fraction of sp³-hybridized carbons (Fsp3) is 1.00. The lowest BCUT2D eigenvalue weighted by Gasteiger charge is -2.37. The minimum Gasteiger partial charge on any atom is -0.440 e. The quantitative estimate of drug-likeness (QED) is 0.295. The van der Waals surface area contributed by atoms with Crippen LogP contribution in [0, 0.1) is 0 Å². The molecule has 0 radical (unpaired) electrons. The Morgan fingerprint density at radius 2 is 1.64 bits per heavy atom. The van der Waals surface area contributed by atoms with Crippen molar-refractivity contribution < 1.29 is 21.8 Å². The predicted octanol–water partition coefficient (Wildman–Crippen LogP) is 2.58. The molecule has 5 nitrogen and oxygen atoms in total. The van der Waals surface area contributed by atoms with Crippen LogP contribution in [0.2, 0.25) is 51.9 Å². The standard InChI is InChI=1S/C13H34O5Si4/c1-19(2)16-21(5,6)18-22(7,17-20(3)4)10-8-9-14-11-13-12-15-13/h13,19-20H,8-12H2,1-7H3. The molecule has 0 aliphatic carbocycles. The molecular formula is C13H34O5Si4. The average molecular weight is 383 g/mol. The zero-order valence-corrected chi connectivity index (χ0v) is 19.6. The van der Waals surface area contributed by atoms with E-state index in [4.69, 9.17) is 21.8 Å². The van der Waals surface area contributed by atoms with Gasteiger partial charge >= 0.3 is 17.1 Å². The van der Waals surface area contributed by atoms with Gasteiger partial charge in [-0.25, -0.2) is 0 Å². The lowest BCUT2D eigenvalue weighted by Crippen LogP contribution is -2.53. The molecule has 0 N–H and O–H groups in total. The smallest absolute Gasteiger partial charge is 0.315 e. The third kappa shape index (κ3) is 9.73. The maximum absolute atomic E-state index is 6.51. The molecule has 0 aromatic rings. The van der Waals surface area contributed by atoms with Crippen molar-refractivity contribution in [3.8, 4) is 0 Å². The molecule has 2 atom stereocenters. The lowest BCUT2D eigenvalue weighted by molar-refractivity contribution is 0.116. The Hall–Kier alpha value is 0.668. The molecule has 0 amide bonds. The molecular weight excluding hydrogens is 348 g/mol. The second kappa shape index (κ2) is 9.23. The molecule has 0 saturated carbocycles. The zero-order chi connectivity index (χ0) is 16.8. The van der Waals surface area contributed by atoms with Crippen LogP contribution in [0.5, 0.6) is 0 Å². The summed E-state index contributed by atoms with van der Waals surface area (Å²) in [4.78, 5) is 0. The maximum Gasteiger partial charge on any atom is 0.315 e. The first-order valence-electron chi connectivity index (χ1n) is 8.37. The van der Waals surface area contributed by atoms with Crippen molar-refractivity contribution in [2.75, 3.05) is 19.8 Å². The first-order chi connectivity index (χ1) is 10.1. The number of epoxide rings is 1. The highest BCUT2D eigenvalue weighted by atomic mass is 28.5. The van der Waals surface area contributed by atoms with E-state index in [1.807, 2.05) is 0 Å². The molecule has 1 heterocycles. The van der Waals surface area contributed by atoms with Gasteiger partial charge in [0.05, 0.1) is 13.2 Å². The predicted molar refractivity (Wildman–Crippen MR) is 100 cm³/mol. The van der Waals surface area contributed by atoms with E-state index in [2.05, 4.69) is 45.8 Å². The fourth-order valence-electron chi connectivity index (χ4n) is 2.62. The SMILES string of the molecule is C[SiH](C)O[Si](C)(C)O[Si](C)(CCCOCC1CO1)O[SiH](C)C. The van der Waals surface area contributed by atoms with Crippen molar-refractivity contribution in [1.29, 1.82) is 0 Å². The largest absolute Gasteiger partial charge is 0.440 e. The lowest BCUT2D eigenvalue weighted by atomic mass is 10.5. The number of hydrogen-bond acceptors (Lipinski definition) is 5. The van der Waals surface area contributed by atoms with Crippen LogP contribution in [0.25, 0.3) is 0 Å².